The SMILES string of the molecule is CC/C=C\C/C=C\C/C=C\C/C=C\CCCCC(=O)OC[C@H](COC(=O)CCCCCCCCCCCCCCCCCCCCC)OC(=O)CCCC/C=C\C/C=C\C/C=C\C/C=C\CC. The zero-order valence-electron chi connectivity index (χ0n) is 43.6. The third-order valence-corrected chi connectivity index (χ3v) is 11.6. The minimum Gasteiger partial charge on any atom is -0.462 e. The van der Waals surface area contributed by atoms with E-state index in [2.05, 4.69) is 118 Å². The van der Waals surface area contributed by atoms with Gasteiger partial charge in [-0.05, 0) is 96.3 Å². The predicted molar refractivity (Wildman–Crippen MR) is 288 cm³/mol. The fourth-order valence-electron chi connectivity index (χ4n) is 7.48. The minimum absolute atomic E-state index is 0.106. The molecule has 0 unspecified atom stereocenters. The first kappa shape index (κ1) is 63.3. The minimum atomic E-state index is -0.816. The molecule has 0 aromatic rings. The van der Waals surface area contributed by atoms with Gasteiger partial charge < -0.3 is 14.2 Å². The highest BCUT2D eigenvalue weighted by Crippen LogP contribution is 2.16. The molecule has 0 saturated heterocycles. The summed E-state index contributed by atoms with van der Waals surface area (Å²) in [5.41, 5.74) is 0. The van der Waals surface area contributed by atoms with E-state index in [4.69, 9.17) is 14.2 Å². The fourth-order valence-corrected chi connectivity index (χ4v) is 7.48. The summed E-state index contributed by atoms with van der Waals surface area (Å²) in [6.07, 6.45) is 72.6. The average Bonchev–Trinajstić information content (AvgIpc) is 3.33. The van der Waals surface area contributed by atoms with E-state index in [0.717, 1.165) is 96.3 Å². The van der Waals surface area contributed by atoms with Crippen LogP contribution in [0.25, 0.3) is 0 Å². The van der Waals surface area contributed by atoms with Crippen LogP contribution < -0.4 is 0 Å². The van der Waals surface area contributed by atoms with Gasteiger partial charge in [-0.25, -0.2) is 0 Å². The van der Waals surface area contributed by atoms with Gasteiger partial charge in [-0.15, -0.1) is 0 Å². The first-order valence-corrected chi connectivity index (χ1v) is 27.7. The van der Waals surface area contributed by atoms with Gasteiger partial charge in [-0.3, -0.25) is 14.4 Å². The number of carbonyl (C=O) groups is 3. The fraction of sp³-hybridized carbons (Fsp3) is 0.689. The van der Waals surface area contributed by atoms with E-state index in [0.29, 0.717) is 25.7 Å². The summed E-state index contributed by atoms with van der Waals surface area (Å²) < 4.78 is 16.8. The maximum atomic E-state index is 12.8. The van der Waals surface area contributed by atoms with E-state index in [-0.39, 0.29) is 37.5 Å². The highest BCUT2D eigenvalue weighted by atomic mass is 16.6. The van der Waals surface area contributed by atoms with Crippen molar-refractivity contribution in [1.29, 1.82) is 0 Å². The van der Waals surface area contributed by atoms with Crippen LogP contribution in [0.15, 0.2) is 97.2 Å². The second kappa shape index (κ2) is 54.9. The third-order valence-electron chi connectivity index (χ3n) is 11.6. The molecule has 382 valence electrons. The Bertz CT molecular complexity index is 1350. The normalized spacial score (nSPS) is 12.8. The Morgan fingerprint density at radius 2 is 0.582 bits per heavy atom. The zero-order valence-corrected chi connectivity index (χ0v) is 43.6. The Morgan fingerprint density at radius 3 is 0.910 bits per heavy atom. The Labute approximate surface area is 413 Å². The molecule has 0 aliphatic carbocycles. The van der Waals surface area contributed by atoms with Crippen molar-refractivity contribution in [3.8, 4) is 0 Å². The largest absolute Gasteiger partial charge is 0.462 e. The number of carbonyl (C=O) groups excluding carboxylic acids is 3. The zero-order chi connectivity index (χ0) is 48.6. The van der Waals surface area contributed by atoms with Crippen molar-refractivity contribution in [3.05, 3.63) is 97.2 Å². The lowest BCUT2D eigenvalue weighted by Crippen LogP contribution is -2.30. The number of esters is 3. The van der Waals surface area contributed by atoms with Crippen LogP contribution in [-0.4, -0.2) is 37.2 Å². The van der Waals surface area contributed by atoms with E-state index in [1.165, 1.54) is 103 Å². The van der Waals surface area contributed by atoms with Gasteiger partial charge in [0.25, 0.3) is 0 Å². The molecule has 0 saturated carbocycles. The van der Waals surface area contributed by atoms with Crippen molar-refractivity contribution in [1.82, 2.24) is 0 Å². The molecule has 0 heterocycles. The van der Waals surface area contributed by atoms with Gasteiger partial charge in [0.15, 0.2) is 6.10 Å². The average molecular weight is 931 g/mol. The van der Waals surface area contributed by atoms with Gasteiger partial charge in [0.1, 0.15) is 13.2 Å². The van der Waals surface area contributed by atoms with Crippen molar-refractivity contribution in [2.45, 2.75) is 258 Å². The van der Waals surface area contributed by atoms with Crippen molar-refractivity contribution in [2.24, 2.45) is 0 Å². The molecule has 6 nitrogen and oxygen atoms in total. The van der Waals surface area contributed by atoms with E-state index >= 15 is 0 Å². The van der Waals surface area contributed by atoms with Crippen LogP contribution in [0.1, 0.15) is 252 Å². The Kier molecular flexibility index (Phi) is 51.9. The van der Waals surface area contributed by atoms with E-state index < -0.39 is 6.10 Å². The molecule has 1 atom stereocenters. The molecule has 0 fully saturated rings. The van der Waals surface area contributed by atoms with Gasteiger partial charge in [0.05, 0.1) is 0 Å². The summed E-state index contributed by atoms with van der Waals surface area (Å²) >= 11 is 0. The number of rotatable bonds is 49. The van der Waals surface area contributed by atoms with Gasteiger partial charge in [0, 0.05) is 19.3 Å². The second-order valence-corrected chi connectivity index (χ2v) is 18.1. The van der Waals surface area contributed by atoms with Crippen LogP contribution in [0.5, 0.6) is 0 Å². The predicted octanol–water partition coefficient (Wildman–Crippen LogP) is 18.5. The van der Waals surface area contributed by atoms with E-state index in [1.54, 1.807) is 0 Å². The Hall–Kier alpha value is -3.67. The molecule has 0 bridgehead atoms. The number of hydrogen-bond donors (Lipinski definition) is 0. The maximum absolute atomic E-state index is 12.8. The van der Waals surface area contributed by atoms with Gasteiger partial charge in [-0.1, -0.05) is 234 Å². The summed E-state index contributed by atoms with van der Waals surface area (Å²) in [6.45, 7) is 6.35. The monoisotopic (exact) mass is 931 g/mol. The molecule has 0 rings (SSSR count). The summed E-state index contributed by atoms with van der Waals surface area (Å²) in [7, 11) is 0. The Morgan fingerprint density at radius 1 is 0.313 bits per heavy atom. The molecular weight excluding hydrogens is 829 g/mol. The first-order chi connectivity index (χ1) is 33.0. The van der Waals surface area contributed by atoms with Crippen molar-refractivity contribution < 1.29 is 28.6 Å². The summed E-state index contributed by atoms with van der Waals surface area (Å²) in [4.78, 5) is 38.1. The molecule has 0 aromatic heterocycles. The molecular formula is C61H102O6. The van der Waals surface area contributed by atoms with Crippen LogP contribution in [-0.2, 0) is 28.6 Å². The van der Waals surface area contributed by atoms with Gasteiger partial charge >= 0.3 is 17.9 Å². The molecule has 67 heavy (non-hydrogen) atoms. The number of allylic oxidation sites excluding steroid dienone is 16. The lowest BCUT2D eigenvalue weighted by molar-refractivity contribution is -0.167. The molecule has 0 amide bonds. The van der Waals surface area contributed by atoms with Crippen LogP contribution in [0.2, 0.25) is 0 Å². The first-order valence-electron chi connectivity index (χ1n) is 27.7. The lowest BCUT2D eigenvalue weighted by atomic mass is 10.0. The smallest absolute Gasteiger partial charge is 0.306 e. The number of ether oxygens (including phenoxy) is 3. The molecule has 0 N–H and O–H groups in total. The molecule has 0 aliphatic rings. The highest BCUT2D eigenvalue weighted by Gasteiger charge is 2.19. The van der Waals surface area contributed by atoms with Gasteiger partial charge in [0.2, 0.25) is 0 Å². The number of unbranched alkanes of at least 4 members (excludes halogenated alkanes) is 22. The molecule has 0 radical (unpaired) electrons. The molecule has 0 spiro atoms. The topological polar surface area (TPSA) is 78.9 Å². The van der Waals surface area contributed by atoms with E-state index in [1.807, 2.05) is 0 Å². The van der Waals surface area contributed by atoms with Crippen LogP contribution >= 0.6 is 0 Å². The van der Waals surface area contributed by atoms with Crippen LogP contribution in [0.4, 0.5) is 0 Å². The second-order valence-electron chi connectivity index (χ2n) is 18.1. The highest BCUT2D eigenvalue weighted by molar-refractivity contribution is 5.71. The van der Waals surface area contributed by atoms with E-state index in [9.17, 15) is 14.4 Å². The van der Waals surface area contributed by atoms with Crippen LogP contribution in [0, 0.1) is 0 Å². The van der Waals surface area contributed by atoms with Crippen molar-refractivity contribution in [2.75, 3.05) is 13.2 Å². The van der Waals surface area contributed by atoms with Crippen molar-refractivity contribution >= 4 is 17.9 Å². The quantitative estimate of drug-likeness (QED) is 0.0262. The van der Waals surface area contributed by atoms with Gasteiger partial charge in [-0.2, -0.15) is 0 Å². The number of hydrogen-bond acceptors (Lipinski definition) is 6. The molecule has 0 aliphatic heterocycles. The molecule has 6 heteroatoms. The Balaban J connectivity index is 4.46. The summed E-state index contributed by atoms with van der Waals surface area (Å²) in [5.74, 6) is -0.989. The lowest BCUT2D eigenvalue weighted by Gasteiger charge is -2.18. The standard InChI is InChI=1S/C61H102O6/c1-4-7-10-13-16-19-22-25-28-29-30-31-34-36-39-42-45-48-51-54-60(63)66-57-58(67-61(64)55-52-49-46-43-40-37-33-27-24-21-18-15-12-9-6-3)56-65-59(62)53-50-47-44-41-38-35-32-26-23-20-17-14-11-8-5-2/h8-9,11-12,17-18,20-21,26-27,32-33,38,40-41,43,58H,4-7,10,13-16,19,22-25,28-31,34-37,39,42,44-57H2,1-3H3/b11-8-,12-9-,20-17-,21-18-,32-26-,33-27-,41-38-,43-40-/t58-/m1/s1. The summed E-state index contributed by atoms with van der Waals surface area (Å²) in [6, 6.07) is 0. The molecule has 0 aromatic carbocycles. The van der Waals surface area contributed by atoms with Crippen molar-refractivity contribution in [3.63, 3.8) is 0 Å². The third kappa shape index (κ3) is 53.2. The summed E-state index contributed by atoms with van der Waals surface area (Å²) in [5, 5.41) is 0. The maximum Gasteiger partial charge on any atom is 0.306 e. The van der Waals surface area contributed by atoms with Crippen LogP contribution in [0.3, 0.4) is 0 Å².